The Labute approximate surface area is 136 Å². The average molecular weight is 313 g/mol. The molecule has 0 aliphatic carbocycles. The summed E-state index contributed by atoms with van der Waals surface area (Å²) in [5.41, 5.74) is 0. The first-order valence-corrected chi connectivity index (χ1v) is 8.35. The molecule has 0 aromatic rings. The van der Waals surface area contributed by atoms with Crippen LogP contribution in [-0.2, 0) is 0 Å². The van der Waals surface area contributed by atoms with Gasteiger partial charge in [-0.2, -0.15) is 0 Å². The highest BCUT2D eigenvalue weighted by atomic mass is 15.2. The zero-order valence-electron chi connectivity index (χ0n) is 15.6. The molecule has 0 amide bonds. The van der Waals surface area contributed by atoms with Gasteiger partial charge in [-0.05, 0) is 55.4 Å². The number of rotatable bonds is 7. The second-order valence-electron chi connectivity index (χ2n) is 6.66. The van der Waals surface area contributed by atoms with Crippen LogP contribution in [-0.4, -0.2) is 49.2 Å². The first-order chi connectivity index (χ1) is 10.2. The lowest BCUT2D eigenvalue weighted by molar-refractivity contribution is 0.650. The number of nitrogens with zero attached hydrogens (tertiary/aromatic N) is 2. The highest BCUT2D eigenvalue weighted by Crippen LogP contribution is 1.86. The van der Waals surface area contributed by atoms with Crippen LogP contribution in [0.2, 0.25) is 0 Å². The number of nitrogens with one attached hydrogen (secondary N) is 4. The van der Waals surface area contributed by atoms with Crippen LogP contribution in [0, 0.1) is 0 Å². The van der Waals surface area contributed by atoms with E-state index in [2.05, 4.69) is 86.6 Å². The van der Waals surface area contributed by atoms with E-state index in [-0.39, 0.29) is 0 Å². The van der Waals surface area contributed by atoms with Crippen molar-refractivity contribution in [3.05, 3.63) is 0 Å². The van der Waals surface area contributed by atoms with Crippen molar-refractivity contribution in [1.82, 2.24) is 21.3 Å². The van der Waals surface area contributed by atoms with Crippen LogP contribution in [0.5, 0.6) is 0 Å². The molecule has 0 aromatic carbocycles. The highest BCUT2D eigenvalue weighted by Gasteiger charge is 2.04. The molecule has 0 radical (unpaired) electrons. The van der Waals surface area contributed by atoms with Gasteiger partial charge in [0.15, 0.2) is 11.9 Å². The average Bonchev–Trinajstić information content (AvgIpc) is 2.31. The number of guanidine groups is 2. The van der Waals surface area contributed by atoms with Gasteiger partial charge in [0.2, 0.25) is 0 Å². The molecule has 0 saturated carbocycles. The molecule has 130 valence electrons. The van der Waals surface area contributed by atoms with Crippen molar-refractivity contribution in [1.29, 1.82) is 0 Å². The van der Waals surface area contributed by atoms with Gasteiger partial charge in [-0.1, -0.05) is 0 Å². The Morgan fingerprint density at radius 1 is 0.545 bits per heavy atom. The molecular formula is C16H36N6. The molecule has 22 heavy (non-hydrogen) atoms. The van der Waals surface area contributed by atoms with E-state index in [1.165, 1.54) is 0 Å². The molecule has 0 aromatic heterocycles. The van der Waals surface area contributed by atoms with Crippen LogP contribution in [0.1, 0.15) is 55.4 Å². The molecule has 0 spiro atoms. The maximum absolute atomic E-state index is 4.57. The predicted molar refractivity (Wildman–Crippen MR) is 97.7 cm³/mol. The van der Waals surface area contributed by atoms with Crippen molar-refractivity contribution in [2.75, 3.05) is 13.1 Å². The van der Waals surface area contributed by atoms with Gasteiger partial charge in [-0.3, -0.25) is 9.98 Å². The minimum Gasteiger partial charge on any atom is -0.354 e. The monoisotopic (exact) mass is 312 g/mol. The summed E-state index contributed by atoms with van der Waals surface area (Å²) in [5, 5.41) is 13.3. The van der Waals surface area contributed by atoms with E-state index >= 15 is 0 Å². The quantitative estimate of drug-likeness (QED) is 0.328. The first kappa shape index (κ1) is 20.5. The Bertz CT molecular complexity index is 287. The fourth-order valence-electron chi connectivity index (χ4n) is 1.68. The van der Waals surface area contributed by atoms with Crippen LogP contribution in [0.3, 0.4) is 0 Å². The molecule has 0 aliphatic rings. The van der Waals surface area contributed by atoms with Crippen molar-refractivity contribution in [2.45, 2.75) is 79.6 Å². The molecule has 4 N–H and O–H groups in total. The van der Waals surface area contributed by atoms with Gasteiger partial charge >= 0.3 is 0 Å². The zero-order valence-corrected chi connectivity index (χ0v) is 15.6. The second-order valence-corrected chi connectivity index (χ2v) is 6.66. The number of aliphatic imine (C=N–C) groups is 2. The maximum Gasteiger partial charge on any atom is 0.191 e. The summed E-state index contributed by atoms with van der Waals surface area (Å²) in [6.45, 7) is 18.1. The largest absolute Gasteiger partial charge is 0.354 e. The Hall–Kier alpha value is -1.46. The third-order valence-electron chi connectivity index (χ3n) is 2.34. The van der Waals surface area contributed by atoms with E-state index < -0.39 is 0 Å². The van der Waals surface area contributed by atoms with Gasteiger partial charge in [0.05, 0.1) is 13.1 Å². The van der Waals surface area contributed by atoms with Crippen molar-refractivity contribution >= 4 is 11.9 Å². The van der Waals surface area contributed by atoms with Gasteiger partial charge in [0.25, 0.3) is 0 Å². The molecular weight excluding hydrogens is 276 g/mol. The Morgan fingerprint density at radius 2 is 0.773 bits per heavy atom. The fraction of sp³-hybridized carbons (Fsp3) is 0.875. The lowest BCUT2D eigenvalue weighted by Gasteiger charge is -2.18. The molecule has 6 nitrogen and oxygen atoms in total. The minimum absolute atomic E-state index is 0.356. The standard InChI is InChI=1S/C16H36N6/c1-11(2)19-15(20-12(3)4)17-9-10-18-16(21-13(5)6)22-14(7)8/h11-14H,9-10H2,1-8H3,(H2,17,19,20)(H2,18,21,22). The topological polar surface area (TPSA) is 72.8 Å². The third kappa shape index (κ3) is 12.3. The zero-order chi connectivity index (χ0) is 17.1. The van der Waals surface area contributed by atoms with Gasteiger partial charge in [0, 0.05) is 24.2 Å². The van der Waals surface area contributed by atoms with Crippen LogP contribution >= 0.6 is 0 Å². The molecule has 6 heteroatoms. The molecule has 0 fully saturated rings. The van der Waals surface area contributed by atoms with Crippen LogP contribution < -0.4 is 21.3 Å². The summed E-state index contributed by atoms with van der Waals surface area (Å²) in [6, 6.07) is 1.42. The van der Waals surface area contributed by atoms with Gasteiger partial charge in [-0.25, -0.2) is 0 Å². The summed E-state index contributed by atoms with van der Waals surface area (Å²) in [5.74, 6) is 1.69. The number of hydrogen-bond acceptors (Lipinski definition) is 2. The van der Waals surface area contributed by atoms with Gasteiger partial charge < -0.3 is 21.3 Å². The lowest BCUT2D eigenvalue weighted by atomic mass is 10.4. The van der Waals surface area contributed by atoms with E-state index in [1.54, 1.807) is 0 Å². The smallest absolute Gasteiger partial charge is 0.191 e. The Balaban J connectivity index is 4.55. The molecule has 0 rings (SSSR count). The summed E-state index contributed by atoms with van der Waals surface area (Å²) in [7, 11) is 0. The van der Waals surface area contributed by atoms with E-state index in [4.69, 9.17) is 0 Å². The summed E-state index contributed by atoms with van der Waals surface area (Å²) < 4.78 is 0. The first-order valence-electron chi connectivity index (χ1n) is 8.35. The predicted octanol–water partition coefficient (Wildman–Crippen LogP) is 1.69. The summed E-state index contributed by atoms with van der Waals surface area (Å²) in [6.07, 6.45) is 0. The fourth-order valence-corrected chi connectivity index (χ4v) is 1.68. The third-order valence-corrected chi connectivity index (χ3v) is 2.34. The summed E-state index contributed by atoms with van der Waals surface area (Å²) in [4.78, 5) is 9.13. The van der Waals surface area contributed by atoms with Crippen molar-refractivity contribution in [3.63, 3.8) is 0 Å². The van der Waals surface area contributed by atoms with Crippen molar-refractivity contribution in [3.8, 4) is 0 Å². The molecule has 0 heterocycles. The van der Waals surface area contributed by atoms with E-state index in [0.717, 1.165) is 11.9 Å². The second kappa shape index (κ2) is 11.2. The maximum atomic E-state index is 4.57. The van der Waals surface area contributed by atoms with E-state index in [9.17, 15) is 0 Å². The normalized spacial score (nSPS) is 10.9. The molecule has 0 saturated heterocycles. The summed E-state index contributed by atoms with van der Waals surface area (Å²) >= 11 is 0. The van der Waals surface area contributed by atoms with Crippen molar-refractivity contribution in [2.24, 2.45) is 9.98 Å². The molecule has 0 bridgehead atoms. The van der Waals surface area contributed by atoms with Crippen molar-refractivity contribution < 1.29 is 0 Å². The van der Waals surface area contributed by atoms with Crippen LogP contribution in [0.25, 0.3) is 0 Å². The van der Waals surface area contributed by atoms with Gasteiger partial charge in [0.1, 0.15) is 0 Å². The Kier molecular flexibility index (Phi) is 10.4. The van der Waals surface area contributed by atoms with E-state index in [1.807, 2.05) is 0 Å². The van der Waals surface area contributed by atoms with E-state index in [0.29, 0.717) is 37.3 Å². The molecule has 0 unspecified atom stereocenters. The lowest BCUT2D eigenvalue weighted by Crippen LogP contribution is -2.45. The molecule has 0 aliphatic heterocycles. The van der Waals surface area contributed by atoms with Crippen LogP contribution in [0.4, 0.5) is 0 Å². The highest BCUT2D eigenvalue weighted by molar-refractivity contribution is 5.81. The Morgan fingerprint density at radius 3 is 0.955 bits per heavy atom. The van der Waals surface area contributed by atoms with Gasteiger partial charge in [-0.15, -0.1) is 0 Å². The molecule has 0 atom stereocenters. The minimum atomic E-state index is 0.356. The number of hydrogen-bond donors (Lipinski definition) is 4. The van der Waals surface area contributed by atoms with Crippen LogP contribution in [0.15, 0.2) is 9.98 Å². The SMILES string of the molecule is CC(C)NC(=NCCN=C(NC(C)C)NC(C)C)NC(C)C.